The third-order valence-electron chi connectivity index (χ3n) is 29.0. The van der Waals surface area contributed by atoms with Crippen molar-refractivity contribution in [3.05, 3.63) is 11.6 Å². The van der Waals surface area contributed by atoms with Crippen LogP contribution in [0.4, 0.5) is 0 Å². The molecule has 12 fully saturated rings. The van der Waals surface area contributed by atoms with Crippen molar-refractivity contribution in [3.8, 4) is 0 Å². The summed E-state index contributed by atoms with van der Waals surface area (Å²) >= 11 is 0. The summed E-state index contributed by atoms with van der Waals surface area (Å²) in [6, 6.07) is 0. The summed E-state index contributed by atoms with van der Waals surface area (Å²) in [5.74, 6) is -3.98. The van der Waals surface area contributed by atoms with Gasteiger partial charge in [-0.25, -0.2) is 4.79 Å². The highest BCUT2D eigenvalue weighted by Crippen LogP contribution is 2.76. The molecule has 41 nitrogen and oxygen atoms in total. The Kier molecular flexibility index (Phi) is 27.4. The van der Waals surface area contributed by atoms with Crippen LogP contribution < -0.4 is 0 Å². The fourth-order valence-corrected chi connectivity index (χ4v) is 21.7. The van der Waals surface area contributed by atoms with Gasteiger partial charge in [0.1, 0.15) is 158 Å². The maximum atomic E-state index is 16.1. The van der Waals surface area contributed by atoms with Gasteiger partial charge in [0.2, 0.25) is 6.29 Å². The number of aliphatic carboxylic acids is 1. The van der Waals surface area contributed by atoms with Crippen LogP contribution in [0.5, 0.6) is 0 Å². The van der Waals surface area contributed by atoms with Crippen LogP contribution in [0.2, 0.25) is 0 Å². The van der Waals surface area contributed by atoms with Crippen LogP contribution in [0, 0.1) is 44.8 Å². The van der Waals surface area contributed by atoms with E-state index in [1.54, 1.807) is 0 Å². The zero-order chi connectivity index (χ0) is 85.5. The Balaban J connectivity index is 0.769. The van der Waals surface area contributed by atoms with Crippen molar-refractivity contribution in [2.45, 2.75) is 371 Å². The van der Waals surface area contributed by atoms with Crippen molar-refractivity contribution >= 4 is 11.9 Å². The Morgan fingerprint density at radius 1 is 0.436 bits per heavy atom. The van der Waals surface area contributed by atoms with E-state index in [2.05, 4.69) is 40.7 Å². The molecule has 13 rings (SSSR count). The SMILES string of the molecule is COC1(C)[C@@H](O[C@@H]2OC(C(=O)O)[C@@H](O)[C@H](OC3OC(C)[C@H](O)C(O)[C@@H]3O)C2O[C@@H]2OC(CO)[C@H](O)[C@H](O)C2O)CCC2(C)C3CC=C4C5CC(C)(C)CCC5(C(=O)O[C@@H]5OC(C)[C@H](O)C(O)[C@H]5O[C@@H]5O[C@@H](C)[C@H](O[C@@H]6OC[C@@H](O)[C@H](O)C6O)C(O[C@@H]6OC(CO)[C@@H](O)[C@H](O[C@@H]7OC[C@@H](O)[C@H](O)C7O)C6O)C5O)[C@@H](O)C[C@@]4(C)C3(C)CC[C@H]21. The lowest BCUT2D eigenvalue weighted by Crippen LogP contribution is -2.70. The lowest BCUT2D eigenvalue weighted by Gasteiger charge is -2.71. The van der Waals surface area contributed by atoms with Crippen LogP contribution in [-0.4, -0.2) is 409 Å². The van der Waals surface area contributed by atoms with E-state index >= 15 is 4.79 Å². The lowest BCUT2D eigenvalue weighted by molar-refractivity contribution is -0.399. The molecule has 8 saturated heterocycles. The molecule has 0 aromatic carbocycles. The molecule has 13 aliphatic rings. The topological polar surface area (TPSA) is 636 Å². The first kappa shape index (κ1) is 91.9. The average molecular weight is 1690 g/mol. The zero-order valence-corrected chi connectivity index (χ0v) is 66.7. The Labute approximate surface area is 673 Å². The number of carboxylic acids is 1. The number of carbonyl (C=O) groups is 2. The Morgan fingerprint density at radius 2 is 0.923 bits per heavy atom. The summed E-state index contributed by atoms with van der Waals surface area (Å²) < 4.78 is 104. The van der Waals surface area contributed by atoms with E-state index in [1.165, 1.54) is 27.9 Å². The molecule has 48 atom stereocenters. The van der Waals surface area contributed by atoms with Crippen LogP contribution in [0.1, 0.15) is 120 Å². The normalized spacial score (nSPS) is 55.3. The second-order valence-electron chi connectivity index (χ2n) is 36.3. The molecule has 0 spiro atoms. The number of esters is 1. The predicted octanol–water partition coefficient (Wildman–Crippen LogP) is -7.94. The number of aliphatic hydroxyl groups is 21. The molecule has 4 saturated carbocycles. The van der Waals surface area contributed by atoms with Gasteiger partial charge in [0.25, 0.3) is 0 Å². The Hall–Kier alpha value is -2.80. The third kappa shape index (κ3) is 16.1. The summed E-state index contributed by atoms with van der Waals surface area (Å²) in [6.07, 6.45) is -68.1. The molecule has 0 aromatic rings. The largest absolute Gasteiger partial charge is 0.479 e. The van der Waals surface area contributed by atoms with E-state index in [1.807, 2.05) is 6.92 Å². The fraction of sp³-hybridized carbons (Fsp3) is 0.947. The van der Waals surface area contributed by atoms with Gasteiger partial charge >= 0.3 is 11.9 Å². The molecule has 8 aliphatic heterocycles. The molecule has 0 bridgehead atoms. The number of allylic oxidation sites excluding steroid dienone is 2. The van der Waals surface area contributed by atoms with Crippen molar-refractivity contribution in [2.75, 3.05) is 33.5 Å². The first-order chi connectivity index (χ1) is 54.9. The monoisotopic (exact) mass is 1690 g/mol. The van der Waals surface area contributed by atoms with E-state index in [0.717, 1.165) is 5.57 Å². The first-order valence-electron chi connectivity index (χ1n) is 40.5. The summed E-state index contributed by atoms with van der Waals surface area (Å²) in [4.78, 5) is 29.2. The van der Waals surface area contributed by atoms with Crippen molar-refractivity contribution < 1.29 is 202 Å². The quantitative estimate of drug-likeness (QED) is 0.0306. The smallest absolute Gasteiger partial charge is 0.335 e. The Bertz CT molecular complexity index is 3420. The number of carboxylic acid groups (broad SMARTS) is 1. The summed E-state index contributed by atoms with van der Waals surface area (Å²) in [6.45, 7) is 13.5. The molecule has 0 amide bonds. The lowest BCUT2D eigenvalue weighted by atomic mass is 9.34. The van der Waals surface area contributed by atoms with E-state index < -0.39 is 329 Å². The van der Waals surface area contributed by atoms with Crippen LogP contribution in [-0.2, 0) is 90.1 Å². The average Bonchev–Trinajstić information content (AvgIpc) is 0.669. The second kappa shape index (κ2) is 34.9. The summed E-state index contributed by atoms with van der Waals surface area (Å²) in [5, 5.41) is 245. The maximum Gasteiger partial charge on any atom is 0.335 e. The molecule has 0 aromatic heterocycles. The molecule has 8 heterocycles. The number of carbonyl (C=O) groups excluding carboxylic acids is 1. The highest BCUT2D eigenvalue weighted by Gasteiger charge is 2.74. The van der Waals surface area contributed by atoms with E-state index in [9.17, 15) is 117 Å². The van der Waals surface area contributed by atoms with Gasteiger partial charge in [0.05, 0.1) is 62.5 Å². The predicted molar refractivity (Wildman–Crippen MR) is 381 cm³/mol. The number of hydrogen-bond acceptors (Lipinski definition) is 40. The molecule has 41 heteroatoms. The zero-order valence-electron chi connectivity index (χ0n) is 66.7. The molecule has 22 N–H and O–H groups in total. The minimum absolute atomic E-state index is 0.0199. The van der Waals surface area contributed by atoms with Gasteiger partial charge in [-0.05, 0) is 125 Å². The van der Waals surface area contributed by atoms with Crippen LogP contribution >= 0.6 is 0 Å². The highest BCUT2D eigenvalue weighted by atomic mass is 16.8. The molecular formula is C76H122O41. The molecule has 117 heavy (non-hydrogen) atoms. The van der Waals surface area contributed by atoms with Crippen LogP contribution in [0.25, 0.3) is 0 Å². The van der Waals surface area contributed by atoms with Gasteiger partial charge < -0.3 is 193 Å². The standard InChI is InChI=1S/C76H122O41/c1-25-38(82)44(88)49(93)64(104-25)112-56-51(95)58(61(98)99)114-69(60(56)116-65-50(94)45(89)42(86)32(21-77)107-65)109-37-14-15-72(6)34-12-11-28-29-19-71(4,5)17-18-76(29,36(81)20-74(28,8)73(34,7)16-13-35(72)75(37,9)101-10)70(100)117-68-59(46(90)39(83)26(2)105-68)115-66-53(97)57(54(27(3)106-66)110-62-47(91)40(84)30(79)23-102-62)113-67-52(96)55(43(87)33(22-78)108-67)111-63-48(92)41(85)31(80)24-103-63/h11,25-27,29-60,62-69,77-97H,12-24H2,1-10H3,(H,98,99)/t25?,26?,27-,29?,30+,31+,32?,33?,34?,35+,36-,37-,38-,39-,40-,41-,42-,43+,44?,45-,46?,47?,48?,49-,50?,51-,52?,53?,54-,55-,56-,57?,58?,59+,60?,62-,63-,64?,65-,66-,67-,68-,69+,72?,73?,74+,75?,76?/m0/s1. The number of fused-ring (bicyclic) bond motifs is 7. The number of methoxy groups -OCH3 is 1. The van der Waals surface area contributed by atoms with E-state index in [0.29, 0.717) is 38.5 Å². The van der Waals surface area contributed by atoms with Crippen LogP contribution in [0.3, 0.4) is 0 Å². The first-order valence-corrected chi connectivity index (χ1v) is 40.5. The third-order valence-corrected chi connectivity index (χ3v) is 29.0. The van der Waals surface area contributed by atoms with E-state index in [-0.39, 0.29) is 25.2 Å². The minimum Gasteiger partial charge on any atom is -0.479 e. The van der Waals surface area contributed by atoms with Crippen molar-refractivity contribution in [1.29, 1.82) is 0 Å². The number of rotatable bonds is 20. The van der Waals surface area contributed by atoms with Crippen molar-refractivity contribution in [2.24, 2.45) is 44.8 Å². The molecular weight excluding hydrogens is 1570 g/mol. The number of ether oxygens (including phenoxy) is 17. The van der Waals surface area contributed by atoms with Crippen molar-refractivity contribution in [1.82, 2.24) is 0 Å². The van der Waals surface area contributed by atoms with Gasteiger partial charge in [0, 0.05) is 7.11 Å². The summed E-state index contributed by atoms with van der Waals surface area (Å²) in [7, 11) is 1.49. The number of hydrogen-bond donors (Lipinski definition) is 22. The van der Waals surface area contributed by atoms with Gasteiger partial charge in [0.15, 0.2) is 56.2 Å². The Morgan fingerprint density at radius 3 is 1.51 bits per heavy atom. The summed E-state index contributed by atoms with van der Waals surface area (Å²) in [5.41, 5.74) is -4.75. The molecule has 672 valence electrons. The molecule has 0 radical (unpaired) electrons. The number of aliphatic hydroxyl groups excluding tert-OH is 21. The van der Waals surface area contributed by atoms with Gasteiger partial charge in [-0.1, -0.05) is 46.3 Å². The molecule has 21 unspecified atom stereocenters. The highest BCUT2D eigenvalue weighted by molar-refractivity contribution is 5.80. The van der Waals surface area contributed by atoms with Crippen LogP contribution in [0.15, 0.2) is 11.6 Å². The molecule has 5 aliphatic carbocycles. The van der Waals surface area contributed by atoms with Gasteiger partial charge in [-0.3, -0.25) is 4.79 Å². The second-order valence-corrected chi connectivity index (χ2v) is 36.3. The van der Waals surface area contributed by atoms with Crippen molar-refractivity contribution in [3.63, 3.8) is 0 Å². The van der Waals surface area contributed by atoms with E-state index in [4.69, 9.17) is 80.5 Å². The van der Waals surface area contributed by atoms with Gasteiger partial charge in [-0.15, -0.1) is 0 Å². The fourth-order valence-electron chi connectivity index (χ4n) is 21.7. The van der Waals surface area contributed by atoms with Gasteiger partial charge in [-0.2, -0.15) is 0 Å². The minimum atomic E-state index is -2.22. The maximum absolute atomic E-state index is 16.1.